The Morgan fingerprint density at radius 2 is 1.50 bits per heavy atom. The van der Waals surface area contributed by atoms with Crippen LogP contribution < -0.4 is 5.32 Å². The van der Waals surface area contributed by atoms with Crippen molar-refractivity contribution in [2.24, 2.45) is 11.8 Å². The maximum Gasteiger partial charge on any atom is 0.115 e. The number of nitrogens with zero attached hydrogens (tertiary/aromatic N) is 2. The normalized spacial score (nSPS) is 11.4. The monoisotopic (exact) mass is 221 g/mol. The summed E-state index contributed by atoms with van der Waals surface area (Å²) in [6.07, 6.45) is 7.60. The quantitative estimate of drug-likeness (QED) is 0.800. The molecule has 0 amide bonds. The van der Waals surface area contributed by atoms with Crippen LogP contribution in [0, 0.1) is 11.8 Å². The number of hydrogen-bond donors (Lipinski definition) is 1. The number of hydrogen-bond acceptors (Lipinski definition) is 3. The highest BCUT2D eigenvalue weighted by Gasteiger charge is 2.12. The SMILES string of the molecule is CC(C)CC(CC(C)C)Nc1cncnc1. The third kappa shape index (κ3) is 5.10. The molecule has 0 aromatic carbocycles. The molecular formula is C13H23N3. The third-order valence-electron chi connectivity index (χ3n) is 2.44. The van der Waals surface area contributed by atoms with E-state index in [-0.39, 0.29) is 0 Å². The maximum absolute atomic E-state index is 4.02. The van der Waals surface area contributed by atoms with Crippen molar-refractivity contribution in [2.75, 3.05) is 5.32 Å². The van der Waals surface area contributed by atoms with E-state index in [1.807, 2.05) is 12.4 Å². The Morgan fingerprint density at radius 1 is 1.00 bits per heavy atom. The predicted octanol–water partition coefficient (Wildman–Crippen LogP) is 3.35. The minimum Gasteiger partial charge on any atom is -0.380 e. The van der Waals surface area contributed by atoms with Gasteiger partial charge < -0.3 is 5.32 Å². The molecule has 0 aliphatic rings. The molecule has 1 N–H and O–H groups in total. The fraction of sp³-hybridized carbons (Fsp3) is 0.692. The molecule has 1 aromatic heterocycles. The van der Waals surface area contributed by atoms with E-state index in [9.17, 15) is 0 Å². The smallest absolute Gasteiger partial charge is 0.115 e. The Morgan fingerprint density at radius 3 is 1.94 bits per heavy atom. The Hall–Kier alpha value is -1.12. The molecule has 0 saturated heterocycles. The molecule has 0 unspecified atom stereocenters. The van der Waals surface area contributed by atoms with Gasteiger partial charge in [0.05, 0.1) is 18.1 Å². The Labute approximate surface area is 98.7 Å². The van der Waals surface area contributed by atoms with Gasteiger partial charge in [0.15, 0.2) is 0 Å². The molecule has 0 radical (unpaired) electrons. The standard InChI is InChI=1S/C13H23N3/c1-10(2)5-12(6-11(3)4)16-13-7-14-9-15-8-13/h7-12,16H,5-6H2,1-4H3. The molecule has 0 atom stereocenters. The fourth-order valence-electron chi connectivity index (χ4n) is 1.96. The lowest BCUT2D eigenvalue weighted by atomic mass is 9.95. The summed E-state index contributed by atoms with van der Waals surface area (Å²) >= 11 is 0. The Balaban J connectivity index is 2.56. The van der Waals surface area contributed by atoms with Gasteiger partial charge in [-0.05, 0) is 24.7 Å². The van der Waals surface area contributed by atoms with Gasteiger partial charge in [-0.1, -0.05) is 27.7 Å². The largest absolute Gasteiger partial charge is 0.380 e. The second kappa shape index (κ2) is 6.46. The van der Waals surface area contributed by atoms with E-state index in [1.54, 1.807) is 6.33 Å². The first-order valence-corrected chi connectivity index (χ1v) is 6.09. The summed E-state index contributed by atoms with van der Waals surface area (Å²) in [7, 11) is 0. The van der Waals surface area contributed by atoms with Crippen molar-refractivity contribution in [3.63, 3.8) is 0 Å². The number of rotatable bonds is 6. The van der Waals surface area contributed by atoms with Crippen LogP contribution in [0.4, 0.5) is 5.69 Å². The summed E-state index contributed by atoms with van der Waals surface area (Å²) in [6, 6.07) is 0.519. The van der Waals surface area contributed by atoms with Crippen LogP contribution in [0.3, 0.4) is 0 Å². The molecule has 1 rings (SSSR count). The summed E-state index contributed by atoms with van der Waals surface area (Å²) in [5.74, 6) is 1.42. The van der Waals surface area contributed by atoms with E-state index in [0.717, 1.165) is 5.69 Å². The van der Waals surface area contributed by atoms with Crippen LogP contribution in [0.1, 0.15) is 40.5 Å². The van der Waals surface area contributed by atoms with Crippen LogP contribution in [0.2, 0.25) is 0 Å². The fourth-order valence-corrected chi connectivity index (χ4v) is 1.96. The highest BCUT2D eigenvalue weighted by atomic mass is 15.0. The van der Waals surface area contributed by atoms with Crippen LogP contribution in [-0.2, 0) is 0 Å². The molecular weight excluding hydrogens is 198 g/mol. The van der Waals surface area contributed by atoms with E-state index < -0.39 is 0 Å². The van der Waals surface area contributed by atoms with Crippen LogP contribution in [0.15, 0.2) is 18.7 Å². The molecule has 1 aromatic rings. The van der Waals surface area contributed by atoms with Gasteiger partial charge in [-0.25, -0.2) is 9.97 Å². The first-order chi connectivity index (χ1) is 7.58. The van der Waals surface area contributed by atoms with Crippen molar-refractivity contribution >= 4 is 5.69 Å². The zero-order valence-corrected chi connectivity index (χ0v) is 10.8. The van der Waals surface area contributed by atoms with Crippen LogP contribution in [-0.4, -0.2) is 16.0 Å². The molecule has 0 aliphatic heterocycles. The van der Waals surface area contributed by atoms with E-state index in [2.05, 4.69) is 43.0 Å². The van der Waals surface area contributed by atoms with Crippen molar-refractivity contribution in [2.45, 2.75) is 46.6 Å². The lowest BCUT2D eigenvalue weighted by molar-refractivity contribution is 0.442. The maximum atomic E-state index is 4.02. The summed E-state index contributed by atoms with van der Waals surface area (Å²) in [5, 5.41) is 3.52. The van der Waals surface area contributed by atoms with Crippen molar-refractivity contribution in [3.05, 3.63) is 18.7 Å². The predicted molar refractivity (Wildman–Crippen MR) is 68.4 cm³/mol. The van der Waals surface area contributed by atoms with Crippen LogP contribution in [0.25, 0.3) is 0 Å². The van der Waals surface area contributed by atoms with Crippen molar-refractivity contribution in [1.29, 1.82) is 0 Å². The second-order valence-electron chi connectivity index (χ2n) is 5.23. The van der Waals surface area contributed by atoms with Crippen molar-refractivity contribution in [3.8, 4) is 0 Å². The number of anilines is 1. The average Bonchev–Trinajstić information content (AvgIpc) is 2.16. The summed E-state index contributed by atoms with van der Waals surface area (Å²) in [4.78, 5) is 8.04. The lowest BCUT2D eigenvalue weighted by Crippen LogP contribution is -2.23. The molecule has 0 aliphatic carbocycles. The molecule has 16 heavy (non-hydrogen) atoms. The summed E-state index contributed by atoms with van der Waals surface area (Å²) in [6.45, 7) is 9.04. The molecule has 3 heteroatoms. The van der Waals surface area contributed by atoms with E-state index in [0.29, 0.717) is 17.9 Å². The van der Waals surface area contributed by atoms with Gasteiger partial charge in [0.2, 0.25) is 0 Å². The molecule has 90 valence electrons. The van der Waals surface area contributed by atoms with Gasteiger partial charge in [-0.3, -0.25) is 0 Å². The van der Waals surface area contributed by atoms with Crippen molar-refractivity contribution < 1.29 is 0 Å². The first kappa shape index (κ1) is 12.9. The molecule has 0 spiro atoms. The van der Waals surface area contributed by atoms with Gasteiger partial charge in [0.25, 0.3) is 0 Å². The highest BCUT2D eigenvalue weighted by Crippen LogP contribution is 2.17. The van der Waals surface area contributed by atoms with Gasteiger partial charge in [0, 0.05) is 6.04 Å². The zero-order chi connectivity index (χ0) is 12.0. The zero-order valence-electron chi connectivity index (χ0n) is 10.8. The first-order valence-electron chi connectivity index (χ1n) is 6.09. The second-order valence-corrected chi connectivity index (χ2v) is 5.23. The Bertz CT molecular complexity index is 272. The van der Waals surface area contributed by atoms with E-state index >= 15 is 0 Å². The van der Waals surface area contributed by atoms with E-state index in [1.165, 1.54) is 12.8 Å². The lowest BCUT2D eigenvalue weighted by Gasteiger charge is -2.23. The summed E-state index contributed by atoms with van der Waals surface area (Å²) in [5.41, 5.74) is 1.02. The van der Waals surface area contributed by atoms with Crippen LogP contribution in [0.5, 0.6) is 0 Å². The molecule has 1 heterocycles. The third-order valence-corrected chi connectivity index (χ3v) is 2.44. The highest BCUT2D eigenvalue weighted by molar-refractivity contribution is 5.38. The van der Waals surface area contributed by atoms with E-state index in [4.69, 9.17) is 0 Å². The van der Waals surface area contributed by atoms with Crippen molar-refractivity contribution in [1.82, 2.24) is 9.97 Å². The topological polar surface area (TPSA) is 37.8 Å². The summed E-state index contributed by atoms with van der Waals surface area (Å²) < 4.78 is 0. The van der Waals surface area contributed by atoms with Gasteiger partial charge >= 0.3 is 0 Å². The minimum absolute atomic E-state index is 0.519. The van der Waals surface area contributed by atoms with Gasteiger partial charge in [-0.2, -0.15) is 0 Å². The minimum atomic E-state index is 0.519. The molecule has 0 bridgehead atoms. The molecule has 0 fully saturated rings. The molecule has 0 saturated carbocycles. The Kier molecular flexibility index (Phi) is 5.23. The van der Waals surface area contributed by atoms with Gasteiger partial charge in [-0.15, -0.1) is 0 Å². The van der Waals surface area contributed by atoms with Gasteiger partial charge in [0.1, 0.15) is 6.33 Å². The number of aromatic nitrogens is 2. The average molecular weight is 221 g/mol. The van der Waals surface area contributed by atoms with Crippen LogP contribution >= 0.6 is 0 Å². The molecule has 3 nitrogen and oxygen atoms in total. The number of nitrogens with one attached hydrogen (secondary N) is 1.